The van der Waals surface area contributed by atoms with Gasteiger partial charge in [0.05, 0.1) is 10.6 Å². The van der Waals surface area contributed by atoms with Gasteiger partial charge in [0, 0.05) is 15.7 Å². The maximum absolute atomic E-state index is 13.7. The Kier molecular flexibility index (Phi) is 6.22. The Morgan fingerprint density at radius 1 is 1.00 bits per heavy atom. The van der Waals surface area contributed by atoms with E-state index in [1.54, 1.807) is 30.3 Å². The minimum absolute atomic E-state index is 0.0295. The second-order valence-electron chi connectivity index (χ2n) is 7.50. The number of hydrogen-bond acceptors (Lipinski definition) is 4. The van der Waals surface area contributed by atoms with Gasteiger partial charge in [0.25, 0.3) is 5.91 Å². The van der Waals surface area contributed by atoms with E-state index in [9.17, 15) is 13.6 Å². The summed E-state index contributed by atoms with van der Waals surface area (Å²) in [6.45, 7) is 0. The van der Waals surface area contributed by atoms with Gasteiger partial charge in [-0.25, -0.2) is 13.8 Å². The van der Waals surface area contributed by atoms with Crippen molar-refractivity contribution in [1.29, 1.82) is 0 Å². The number of oxazole rings is 1. The Morgan fingerprint density at radius 3 is 2.57 bits per heavy atom. The van der Waals surface area contributed by atoms with Gasteiger partial charge < -0.3 is 9.73 Å². The topological polar surface area (TPSA) is 67.2 Å². The zero-order chi connectivity index (χ0) is 24.7. The summed E-state index contributed by atoms with van der Waals surface area (Å²) in [4.78, 5) is 17.2. The molecule has 35 heavy (non-hydrogen) atoms. The van der Waals surface area contributed by atoms with Crippen LogP contribution >= 0.6 is 39.7 Å². The second-order valence-corrected chi connectivity index (χ2v) is 9.17. The first kappa shape index (κ1) is 23.3. The molecule has 0 aliphatic rings. The largest absolute Gasteiger partial charge is 0.436 e. The van der Waals surface area contributed by atoms with E-state index in [-0.39, 0.29) is 27.5 Å². The molecule has 4 aromatic carbocycles. The second kappa shape index (κ2) is 9.33. The summed E-state index contributed by atoms with van der Waals surface area (Å²) >= 11 is 14.8. The summed E-state index contributed by atoms with van der Waals surface area (Å²) in [6, 6.07) is 17.8. The van der Waals surface area contributed by atoms with Crippen molar-refractivity contribution in [3.05, 3.63) is 93.4 Å². The van der Waals surface area contributed by atoms with E-state index in [1.165, 1.54) is 0 Å². The monoisotopic (exact) mass is 571 g/mol. The van der Waals surface area contributed by atoms with Gasteiger partial charge in [0.15, 0.2) is 22.3 Å². The number of anilines is 1. The molecule has 0 aliphatic carbocycles. The third kappa shape index (κ3) is 4.62. The molecule has 0 radical (unpaired) electrons. The average molecular weight is 573 g/mol. The summed E-state index contributed by atoms with van der Waals surface area (Å²) in [7, 11) is 0. The number of halogens is 4. The van der Waals surface area contributed by atoms with Gasteiger partial charge in [-0.05, 0) is 65.5 Å². The number of fused-ring (bicyclic) bond motifs is 2. The number of amides is 1. The van der Waals surface area contributed by atoms with Crippen molar-refractivity contribution in [2.24, 2.45) is 0 Å². The van der Waals surface area contributed by atoms with Gasteiger partial charge in [-0.15, -0.1) is 0 Å². The van der Waals surface area contributed by atoms with E-state index in [2.05, 4.69) is 31.5 Å². The van der Waals surface area contributed by atoms with E-state index in [1.807, 2.05) is 24.3 Å². The molecule has 10 heteroatoms. The molecule has 1 heterocycles. The molecule has 1 aromatic heterocycles. The van der Waals surface area contributed by atoms with Crippen molar-refractivity contribution in [3.63, 3.8) is 0 Å². The predicted molar refractivity (Wildman–Crippen MR) is 140 cm³/mol. The highest BCUT2D eigenvalue weighted by molar-refractivity contribution is 9.10. The first-order valence-electron chi connectivity index (χ1n) is 10.2. The zero-order valence-corrected chi connectivity index (χ0v) is 20.7. The number of carbonyl (C=O) groups excluding carboxylic acids is 1. The minimum atomic E-state index is -1.06. The number of aromatic nitrogens is 1. The lowest BCUT2D eigenvalue weighted by molar-refractivity contribution is 0.0979. The molecule has 1 amide bonds. The number of benzene rings is 4. The Labute approximate surface area is 216 Å². The number of nitrogens with one attached hydrogen (secondary N) is 2. The van der Waals surface area contributed by atoms with Crippen LogP contribution < -0.4 is 10.6 Å². The summed E-state index contributed by atoms with van der Waals surface area (Å²) in [6.07, 6.45) is 0. The molecule has 0 aliphatic heterocycles. The van der Waals surface area contributed by atoms with Crippen molar-refractivity contribution in [2.75, 3.05) is 5.32 Å². The van der Waals surface area contributed by atoms with Gasteiger partial charge in [0.2, 0.25) is 5.89 Å². The van der Waals surface area contributed by atoms with Crippen LogP contribution in [0.1, 0.15) is 10.4 Å². The Morgan fingerprint density at radius 2 is 1.74 bits per heavy atom. The van der Waals surface area contributed by atoms with Gasteiger partial charge in [-0.1, -0.05) is 51.8 Å². The van der Waals surface area contributed by atoms with Crippen LogP contribution in [0.25, 0.3) is 33.3 Å². The quantitative estimate of drug-likeness (QED) is 0.173. The third-order valence-electron chi connectivity index (χ3n) is 5.23. The van der Waals surface area contributed by atoms with E-state index in [0.29, 0.717) is 22.4 Å². The molecule has 0 spiro atoms. The zero-order valence-electron chi connectivity index (χ0n) is 17.5. The van der Waals surface area contributed by atoms with Crippen molar-refractivity contribution in [3.8, 4) is 11.5 Å². The molecular weight excluding hydrogens is 560 g/mol. The third-order valence-corrected chi connectivity index (χ3v) is 6.43. The molecule has 5 rings (SSSR count). The molecule has 0 bridgehead atoms. The fourth-order valence-corrected chi connectivity index (χ4v) is 4.55. The first-order valence-corrected chi connectivity index (χ1v) is 11.7. The van der Waals surface area contributed by atoms with Crippen LogP contribution in [-0.2, 0) is 0 Å². The lowest BCUT2D eigenvalue weighted by Gasteiger charge is -2.11. The highest BCUT2D eigenvalue weighted by atomic mass is 79.9. The molecule has 0 saturated heterocycles. The molecule has 174 valence electrons. The summed E-state index contributed by atoms with van der Waals surface area (Å²) < 4.78 is 33.6. The molecular formula is C25H13BrClF2N3O2S. The minimum Gasteiger partial charge on any atom is -0.436 e. The number of hydrogen-bond donors (Lipinski definition) is 2. The van der Waals surface area contributed by atoms with E-state index >= 15 is 0 Å². The molecule has 0 unspecified atom stereocenters. The molecule has 0 saturated carbocycles. The van der Waals surface area contributed by atoms with Crippen LogP contribution in [0.15, 0.2) is 75.6 Å². The smallest absolute Gasteiger partial charge is 0.258 e. The van der Waals surface area contributed by atoms with Crippen molar-refractivity contribution >= 4 is 78.3 Å². The predicted octanol–water partition coefficient (Wildman–Crippen LogP) is 7.47. The maximum atomic E-state index is 13.7. The van der Waals surface area contributed by atoms with Gasteiger partial charge in [-0.2, -0.15) is 0 Å². The lowest BCUT2D eigenvalue weighted by atomic mass is 10.0. The maximum Gasteiger partial charge on any atom is 0.258 e. The Bertz CT molecular complexity index is 1660. The van der Waals surface area contributed by atoms with Crippen LogP contribution in [-0.4, -0.2) is 16.0 Å². The Balaban J connectivity index is 1.36. The standard InChI is InChI=1S/C25H13BrClF2N3O2S/c26-17-6-2-3-13-14(17)4-1-5-15(13)23(33)32-25(35)30-12-7-8-22-21(9-12)31-24(34-22)16-10-19(28)20(29)11-18(16)27/h1-11H,(H2,30,32,33,35). The van der Waals surface area contributed by atoms with E-state index < -0.39 is 11.6 Å². The molecule has 2 N–H and O–H groups in total. The molecule has 0 atom stereocenters. The Hall–Kier alpha value is -3.40. The SMILES string of the molecule is O=C(NC(=S)Nc1ccc2oc(-c3cc(F)c(F)cc3Cl)nc2c1)c1cccc2c(Br)cccc12. The van der Waals surface area contributed by atoms with Gasteiger partial charge in [0.1, 0.15) is 5.52 Å². The van der Waals surface area contributed by atoms with Crippen LogP contribution in [0.3, 0.4) is 0 Å². The van der Waals surface area contributed by atoms with E-state index in [4.69, 9.17) is 28.2 Å². The first-order chi connectivity index (χ1) is 16.8. The molecule has 0 fully saturated rings. The summed E-state index contributed by atoms with van der Waals surface area (Å²) in [5.41, 5.74) is 1.98. The number of nitrogens with zero attached hydrogens (tertiary/aromatic N) is 1. The molecule has 5 nitrogen and oxygen atoms in total. The fraction of sp³-hybridized carbons (Fsp3) is 0. The van der Waals surface area contributed by atoms with Crippen LogP contribution in [0.4, 0.5) is 14.5 Å². The fourth-order valence-electron chi connectivity index (χ4n) is 3.61. The average Bonchev–Trinajstić information content (AvgIpc) is 3.24. The summed E-state index contributed by atoms with van der Waals surface area (Å²) in [5.74, 6) is -2.44. The van der Waals surface area contributed by atoms with Crippen molar-refractivity contribution in [1.82, 2.24) is 10.3 Å². The summed E-state index contributed by atoms with van der Waals surface area (Å²) in [5, 5.41) is 7.38. The van der Waals surface area contributed by atoms with Crippen molar-refractivity contribution in [2.45, 2.75) is 0 Å². The molecule has 5 aromatic rings. The van der Waals surface area contributed by atoms with Crippen LogP contribution in [0, 0.1) is 11.6 Å². The lowest BCUT2D eigenvalue weighted by Crippen LogP contribution is -2.34. The highest BCUT2D eigenvalue weighted by Crippen LogP contribution is 2.32. The van der Waals surface area contributed by atoms with E-state index in [0.717, 1.165) is 27.4 Å². The number of thiocarbonyl (C=S) groups is 1. The van der Waals surface area contributed by atoms with Crippen LogP contribution in [0.5, 0.6) is 0 Å². The highest BCUT2D eigenvalue weighted by Gasteiger charge is 2.17. The van der Waals surface area contributed by atoms with Crippen LogP contribution in [0.2, 0.25) is 5.02 Å². The van der Waals surface area contributed by atoms with Gasteiger partial charge >= 0.3 is 0 Å². The number of rotatable bonds is 3. The van der Waals surface area contributed by atoms with Gasteiger partial charge in [-0.3, -0.25) is 10.1 Å². The number of carbonyl (C=O) groups is 1. The van der Waals surface area contributed by atoms with Crippen molar-refractivity contribution < 1.29 is 18.0 Å². The normalized spacial score (nSPS) is 11.1.